The van der Waals surface area contributed by atoms with Gasteiger partial charge in [-0.2, -0.15) is 0 Å². The summed E-state index contributed by atoms with van der Waals surface area (Å²) in [4.78, 5) is 0. The average molecular weight is 184 g/mol. The molecule has 0 spiro atoms. The van der Waals surface area contributed by atoms with Gasteiger partial charge in [-0.25, -0.2) is 0 Å². The molecule has 0 saturated heterocycles. The molecule has 0 heterocycles. The lowest BCUT2D eigenvalue weighted by molar-refractivity contribution is 0.302. The Kier molecular flexibility index (Phi) is 2.84. The van der Waals surface area contributed by atoms with Gasteiger partial charge in [0.05, 0.1) is 13.7 Å². The van der Waals surface area contributed by atoms with E-state index in [4.69, 9.17) is 9.47 Å². The molecule has 13 heavy (non-hydrogen) atoms. The first-order valence-corrected chi connectivity index (χ1v) is 3.91. The first-order chi connectivity index (χ1) is 6.19. The molecule has 1 aromatic rings. The van der Waals surface area contributed by atoms with Crippen LogP contribution in [-0.2, 0) is 0 Å². The second kappa shape index (κ2) is 3.89. The van der Waals surface area contributed by atoms with E-state index < -0.39 is 0 Å². The highest BCUT2D eigenvalue weighted by molar-refractivity contribution is 5.54. The fourth-order valence-electron chi connectivity index (χ4n) is 0.990. The summed E-state index contributed by atoms with van der Waals surface area (Å²) in [5, 5.41) is 18.7. The lowest BCUT2D eigenvalue weighted by Gasteiger charge is -2.09. The molecule has 0 fully saturated rings. The van der Waals surface area contributed by atoms with E-state index in [1.165, 1.54) is 19.2 Å². The molecule has 4 nitrogen and oxygen atoms in total. The number of phenols is 2. The van der Waals surface area contributed by atoms with Crippen LogP contribution < -0.4 is 9.47 Å². The van der Waals surface area contributed by atoms with Crippen molar-refractivity contribution in [3.8, 4) is 23.0 Å². The highest BCUT2D eigenvalue weighted by Gasteiger charge is 2.10. The van der Waals surface area contributed by atoms with Crippen molar-refractivity contribution in [1.82, 2.24) is 0 Å². The van der Waals surface area contributed by atoms with Gasteiger partial charge in [0.1, 0.15) is 5.75 Å². The highest BCUT2D eigenvalue weighted by Crippen LogP contribution is 2.39. The van der Waals surface area contributed by atoms with Gasteiger partial charge in [-0.05, 0) is 6.92 Å². The zero-order chi connectivity index (χ0) is 9.84. The van der Waals surface area contributed by atoms with Crippen LogP contribution in [0.5, 0.6) is 23.0 Å². The first kappa shape index (κ1) is 9.51. The molecule has 0 aliphatic heterocycles. The van der Waals surface area contributed by atoms with E-state index in [2.05, 4.69) is 0 Å². The molecule has 0 saturated carbocycles. The molecule has 0 aromatic heterocycles. The van der Waals surface area contributed by atoms with Gasteiger partial charge in [-0.15, -0.1) is 0 Å². The van der Waals surface area contributed by atoms with E-state index in [1.807, 2.05) is 0 Å². The summed E-state index contributed by atoms with van der Waals surface area (Å²) in [6.45, 7) is 2.20. The number of ether oxygens (including phenoxy) is 2. The topological polar surface area (TPSA) is 58.9 Å². The number of rotatable bonds is 3. The Balaban J connectivity index is 3.11. The molecule has 1 rings (SSSR count). The van der Waals surface area contributed by atoms with E-state index >= 15 is 0 Å². The van der Waals surface area contributed by atoms with E-state index in [0.29, 0.717) is 6.61 Å². The minimum absolute atomic E-state index is 0.00176. The number of aromatic hydroxyl groups is 2. The summed E-state index contributed by atoms with van der Waals surface area (Å²) in [7, 11) is 1.41. The monoisotopic (exact) mass is 184 g/mol. The average Bonchev–Trinajstić information content (AvgIpc) is 2.11. The molecule has 0 aliphatic rings. The van der Waals surface area contributed by atoms with Crippen LogP contribution in [0.1, 0.15) is 6.92 Å². The molecule has 1 aromatic carbocycles. The third-order valence-corrected chi connectivity index (χ3v) is 1.54. The molecule has 0 aliphatic carbocycles. The maximum Gasteiger partial charge on any atom is 0.201 e. The van der Waals surface area contributed by atoms with Gasteiger partial charge >= 0.3 is 0 Å². The summed E-state index contributed by atoms with van der Waals surface area (Å²) in [6.07, 6.45) is 0. The van der Waals surface area contributed by atoms with Crippen LogP contribution >= 0.6 is 0 Å². The lowest BCUT2D eigenvalue weighted by Crippen LogP contribution is -1.93. The molecule has 0 bridgehead atoms. The van der Waals surface area contributed by atoms with Crippen LogP contribution in [0.15, 0.2) is 12.1 Å². The van der Waals surface area contributed by atoms with Crippen LogP contribution in [0.3, 0.4) is 0 Å². The maximum atomic E-state index is 9.48. The van der Waals surface area contributed by atoms with Gasteiger partial charge < -0.3 is 19.7 Å². The molecular weight excluding hydrogens is 172 g/mol. The minimum Gasteiger partial charge on any atom is -0.508 e. The van der Waals surface area contributed by atoms with Crippen molar-refractivity contribution < 1.29 is 19.7 Å². The molecule has 0 amide bonds. The number of methoxy groups -OCH3 is 1. The molecule has 4 heteroatoms. The largest absolute Gasteiger partial charge is 0.508 e. The SMILES string of the molecule is CCOc1cc(O)cc(OC)c1O. The number of hydrogen-bond acceptors (Lipinski definition) is 4. The second-order valence-electron chi connectivity index (χ2n) is 2.43. The predicted molar refractivity (Wildman–Crippen MR) is 47.5 cm³/mol. The van der Waals surface area contributed by atoms with Crippen LogP contribution in [-0.4, -0.2) is 23.9 Å². The van der Waals surface area contributed by atoms with Crippen molar-refractivity contribution in [3.63, 3.8) is 0 Å². The third-order valence-electron chi connectivity index (χ3n) is 1.54. The maximum absolute atomic E-state index is 9.48. The Labute approximate surface area is 76.3 Å². The summed E-state index contributed by atoms with van der Waals surface area (Å²) in [6, 6.07) is 2.65. The summed E-state index contributed by atoms with van der Waals surface area (Å²) < 4.78 is 9.89. The number of hydrogen-bond donors (Lipinski definition) is 2. The van der Waals surface area contributed by atoms with Crippen LogP contribution in [0.4, 0.5) is 0 Å². The fraction of sp³-hybridized carbons (Fsp3) is 0.333. The van der Waals surface area contributed by atoms with Crippen molar-refractivity contribution >= 4 is 0 Å². The van der Waals surface area contributed by atoms with Crippen molar-refractivity contribution in [1.29, 1.82) is 0 Å². The number of benzene rings is 1. The van der Waals surface area contributed by atoms with Crippen molar-refractivity contribution in [3.05, 3.63) is 12.1 Å². The summed E-state index contributed by atoms with van der Waals surface area (Å²) >= 11 is 0. The molecule has 72 valence electrons. The van der Waals surface area contributed by atoms with Gasteiger partial charge in [0, 0.05) is 12.1 Å². The van der Waals surface area contributed by atoms with Gasteiger partial charge in [0.2, 0.25) is 5.75 Å². The molecule has 0 unspecified atom stereocenters. The van der Waals surface area contributed by atoms with E-state index in [9.17, 15) is 10.2 Å². The predicted octanol–water partition coefficient (Wildman–Crippen LogP) is 1.51. The first-order valence-electron chi connectivity index (χ1n) is 3.91. The van der Waals surface area contributed by atoms with Gasteiger partial charge in [-0.1, -0.05) is 0 Å². The van der Waals surface area contributed by atoms with E-state index in [0.717, 1.165) is 0 Å². The standard InChI is InChI=1S/C9H12O4/c1-3-13-8-5-6(10)4-7(12-2)9(8)11/h4-5,10-11H,3H2,1-2H3. The van der Waals surface area contributed by atoms with Crippen molar-refractivity contribution in [2.75, 3.05) is 13.7 Å². The molecule has 2 N–H and O–H groups in total. The van der Waals surface area contributed by atoms with E-state index in [1.54, 1.807) is 6.92 Å². The second-order valence-corrected chi connectivity index (χ2v) is 2.43. The van der Waals surface area contributed by atoms with Crippen LogP contribution in [0.2, 0.25) is 0 Å². The Morgan fingerprint density at radius 1 is 1.23 bits per heavy atom. The van der Waals surface area contributed by atoms with Gasteiger partial charge in [0.15, 0.2) is 11.5 Å². The highest BCUT2D eigenvalue weighted by atomic mass is 16.5. The molecule has 0 radical (unpaired) electrons. The van der Waals surface area contributed by atoms with Crippen molar-refractivity contribution in [2.24, 2.45) is 0 Å². The van der Waals surface area contributed by atoms with Gasteiger partial charge in [-0.3, -0.25) is 0 Å². The number of phenolic OH excluding ortho intramolecular Hbond substituents is 2. The minimum atomic E-state index is -0.0952. The molecule has 0 atom stereocenters. The zero-order valence-electron chi connectivity index (χ0n) is 7.57. The van der Waals surface area contributed by atoms with E-state index in [-0.39, 0.29) is 23.0 Å². The lowest BCUT2D eigenvalue weighted by atomic mass is 10.3. The smallest absolute Gasteiger partial charge is 0.201 e. The Bertz CT molecular complexity index is 296. The normalized spacial score (nSPS) is 9.69. The molecular formula is C9H12O4. The Hall–Kier alpha value is -1.58. The van der Waals surface area contributed by atoms with Gasteiger partial charge in [0.25, 0.3) is 0 Å². The quantitative estimate of drug-likeness (QED) is 0.699. The summed E-state index contributed by atoms with van der Waals surface area (Å²) in [5.74, 6) is 0.322. The Morgan fingerprint density at radius 2 is 1.85 bits per heavy atom. The van der Waals surface area contributed by atoms with Crippen LogP contribution in [0.25, 0.3) is 0 Å². The zero-order valence-corrected chi connectivity index (χ0v) is 7.57. The fourth-order valence-corrected chi connectivity index (χ4v) is 0.990. The van der Waals surface area contributed by atoms with Crippen LogP contribution in [0, 0.1) is 0 Å². The summed E-state index contributed by atoms with van der Waals surface area (Å²) in [5.41, 5.74) is 0. The third kappa shape index (κ3) is 1.96. The Morgan fingerprint density at radius 3 is 2.38 bits per heavy atom. The van der Waals surface area contributed by atoms with Crippen molar-refractivity contribution in [2.45, 2.75) is 6.92 Å².